The maximum atomic E-state index is 6.20. The predicted molar refractivity (Wildman–Crippen MR) is 118 cm³/mol. The Hall–Kier alpha value is -2.06. The Balaban J connectivity index is 1.45. The van der Waals surface area contributed by atoms with E-state index in [1.54, 1.807) is 20.5 Å². The van der Waals surface area contributed by atoms with Gasteiger partial charge in [0.05, 0.1) is 30.9 Å². The van der Waals surface area contributed by atoms with Crippen molar-refractivity contribution < 1.29 is 18.8 Å². The third-order valence-electron chi connectivity index (χ3n) is 6.86. The quantitative estimate of drug-likeness (QED) is 0.688. The van der Waals surface area contributed by atoms with E-state index < -0.39 is 0 Å². The Bertz CT molecular complexity index is 897. The molecule has 2 aromatic rings. The third kappa shape index (κ3) is 3.83. The minimum atomic E-state index is -0.266. The van der Waals surface area contributed by atoms with Gasteiger partial charge >= 0.3 is 7.12 Å². The van der Waals surface area contributed by atoms with Crippen LogP contribution in [0, 0.1) is 5.92 Å². The van der Waals surface area contributed by atoms with Gasteiger partial charge in [-0.1, -0.05) is 0 Å². The average molecular weight is 413 g/mol. The maximum Gasteiger partial charge on any atom is 0.458 e. The number of rotatable bonds is 5. The lowest BCUT2D eigenvalue weighted by molar-refractivity contribution is 0.00578. The second-order valence-electron chi connectivity index (χ2n) is 9.27. The van der Waals surface area contributed by atoms with Crippen LogP contribution in [0.25, 0.3) is 10.9 Å². The van der Waals surface area contributed by atoms with E-state index in [9.17, 15) is 0 Å². The van der Waals surface area contributed by atoms with Crippen LogP contribution in [0.1, 0.15) is 40.5 Å². The van der Waals surface area contributed by atoms with Crippen molar-refractivity contribution in [2.24, 2.45) is 5.92 Å². The van der Waals surface area contributed by atoms with Crippen LogP contribution in [0.3, 0.4) is 0 Å². The number of ether oxygens (including phenoxy) is 2. The van der Waals surface area contributed by atoms with Crippen LogP contribution in [0.2, 0.25) is 6.32 Å². The molecule has 0 aliphatic carbocycles. The molecule has 8 heteroatoms. The van der Waals surface area contributed by atoms with Crippen LogP contribution in [-0.4, -0.2) is 55.6 Å². The fraction of sp³-hybridized carbons (Fsp3) is 0.636. The largest absolute Gasteiger partial charge is 0.493 e. The number of fused-ring (bicyclic) bond motifs is 1. The zero-order valence-corrected chi connectivity index (χ0v) is 18.9. The molecule has 162 valence electrons. The molecule has 1 aromatic carbocycles. The molecule has 2 saturated heterocycles. The van der Waals surface area contributed by atoms with E-state index in [0.717, 1.165) is 49.0 Å². The highest BCUT2D eigenvalue weighted by Gasteiger charge is 2.51. The normalized spacial score (nSPS) is 21.3. The van der Waals surface area contributed by atoms with Gasteiger partial charge in [0.15, 0.2) is 11.5 Å². The molecule has 0 amide bonds. The monoisotopic (exact) mass is 413 g/mol. The Morgan fingerprint density at radius 1 is 1.00 bits per heavy atom. The first-order valence-electron chi connectivity index (χ1n) is 10.7. The van der Waals surface area contributed by atoms with Gasteiger partial charge in [-0.2, -0.15) is 0 Å². The van der Waals surface area contributed by atoms with E-state index in [-0.39, 0.29) is 18.3 Å². The van der Waals surface area contributed by atoms with E-state index in [1.165, 1.54) is 0 Å². The third-order valence-corrected chi connectivity index (χ3v) is 6.86. The molecule has 7 nitrogen and oxygen atoms in total. The molecule has 0 N–H and O–H groups in total. The Labute approximate surface area is 179 Å². The van der Waals surface area contributed by atoms with Crippen molar-refractivity contribution in [3.8, 4) is 11.5 Å². The minimum Gasteiger partial charge on any atom is -0.493 e. The highest BCUT2D eigenvalue weighted by atomic mass is 16.7. The van der Waals surface area contributed by atoms with Crippen LogP contribution in [0.4, 0.5) is 5.82 Å². The van der Waals surface area contributed by atoms with Crippen molar-refractivity contribution in [2.75, 3.05) is 32.2 Å². The standard InChI is InChI=1S/C22H32BN3O4/c1-21(2)22(3,4)30-23(29-21)13-15-7-9-26(10-8-15)20-16-11-18(27-5)19(28-6)12-17(16)24-14-25-20/h11-12,14-15H,7-10,13H2,1-6H3. The molecule has 0 unspecified atom stereocenters. The summed E-state index contributed by atoms with van der Waals surface area (Å²) in [5, 5.41) is 0.986. The number of aromatic nitrogens is 2. The first kappa shape index (κ1) is 21.2. The number of anilines is 1. The molecule has 2 aliphatic heterocycles. The van der Waals surface area contributed by atoms with Gasteiger partial charge in [-0.3, -0.25) is 0 Å². The lowest BCUT2D eigenvalue weighted by Gasteiger charge is -2.33. The van der Waals surface area contributed by atoms with Gasteiger partial charge in [0.1, 0.15) is 12.1 Å². The smallest absolute Gasteiger partial charge is 0.458 e. The first-order chi connectivity index (χ1) is 14.2. The highest BCUT2D eigenvalue weighted by molar-refractivity contribution is 6.45. The topological polar surface area (TPSA) is 65.9 Å². The molecular weight excluding hydrogens is 381 g/mol. The average Bonchev–Trinajstić information content (AvgIpc) is 2.92. The number of methoxy groups -OCH3 is 2. The number of benzene rings is 1. The van der Waals surface area contributed by atoms with Crippen molar-refractivity contribution in [1.82, 2.24) is 9.97 Å². The fourth-order valence-electron chi connectivity index (χ4n) is 4.34. The van der Waals surface area contributed by atoms with Gasteiger partial charge in [0.25, 0.3) is 0 Å². The van der Waals surface area contributed by atoms with Crippen molar-refractivity contribution in [3.05, 3.63) is 18.5 Å². The summed E-state index contributed by atoms with van der Waals surface area (Å²) in [6, 6.07) is 3.88. The molecule has 1 aromatic heterocycles. The Morgan fingerprint density at radius 3 is 2.20 bits per heavy atom. The zero-order valence-electron chi connectivity index (χ0n) is 18.9. The minimum absolute atomic E-state index is 0.122. The number of piperidine rings is 1. The molecule has 4 rings (SSSR count). The van der Waals surface area contributed by atoms with Gasteiger partial charge < -0.3 is 23.7 Å². The molecular formula is C22H32BN3O4. The van der Waals surface area contributed by atoms with Crippen LogP contribution in [0.5, 0.6) is 11.5 Å². The van der Waals surface area contributed by atoms with Gasteiger partial charge in [-0.15, -0.1) is 0 Å². The lowest BCUT2D eigenvalue weighted by atomic mass is 9.74. The first-order valence-corrected chi connectivity index (χ1v) is 10.7. The molecule has 0 bridgehead atoms. The summed E-state index contributed by atoms with van der Waals surface area (Å²) in [6.07, 6.45) is 4.74. The summed E-state index contributed by atoms with van der Waals surface area (Å²) in [4.78, 5) is 11.4. The Morgan fingerprint density at radius 2 is 1.60 bits per heavy atom. The van der Waals surface area contributed by atoms with Crippen LogP contribution < -0.4 is 14.4 Å². The molecule has 2 fully saturated rings. The highest BCUT2D eigenvalue weighted by Crippen LogP contribution is 2.40. The summed E-state index contributed by atoms with van der Waals surface area (Å²) >= 11 is 0. The van der Waals surface area contributed by atoms with Gasteiger partial charge in [0, 0.05) is 24.5 Å². The summed E-state index contributed by atoms with van der Waals surface area (Å²) in [7, 11) is 3.16. The molecule has 0 atom stereocenters. The van der Waals surface area contributed by atoms with Gasteiger partial charge in [0.2, 0.25) is 0 Å². The van der Waals surface area contributed by atoms with Crippen LogP contribution in [-0.2, 0) is 9.31 Å². The zero-order chi connectivity index (χ0) is 21.5. The SMILES string of the molecule is COc1cc2ncnc(N3CCC(CB4OC(C)(C)C(C)(C)O4)CC3)c2cc1OC. The van der Waals surface area contributed by atoms with E-state index >= 15 is 0 Å². The fourth-order valence-corrected chi connectivity index (χ4v) is 4.34. The van der Waals surface area contributed by atoms with E-state index in [4.69, 9.17) is 18.8 Å². The molecule has 2 aliphatic rings. The van der Waals surface area contributed by atoms with E-state index in [0.29, 0.717) is 17.4 Å². The van der Waals surface area contributed by atoms with Crippen molar-refractivity contribution >= 4 is 23.8 Å². The molecule has 0 radical (unpaired) electrons. The van der Waals surface area contributed by atoms with Crippen LogP contribution in [0.15, 0.2) is 18.5 Å². The second kappa shape index (κ2) is 7.89. The van der Waals surface area contributed by atoms with Crippen molar-refractivity contribution in [3.63, 3.8) is 0 Å². The second-order valence-corrected chi connectivity index (χ2v) is 9.27. The van der Waals surface area contributed by atoms with Crippen LogP contribution >= 0.6 is 0 Å². The Kier molecular flexibility index (Phi) is 5.57. The van der Waals surface area contributed by atoms with E-state index in [1.807, 2.05) is 12.1 Å². The van der Waals surface area contributed by atoms with Crippen molar-refractivity contribution in [1.29, 1.82) is 0 Å². The van der Waals surface area contributed by atoms with Crippen molar-refractivity contribution in [2.45, 2.75) is 58.1 Å². The summed E-state index contributed by atoms with van der Waals surface area (Å²) < 4.78 is 23.3. The summed E-state index contributed by atoms with van der Waals surface area (Å²) in [6.45, 7) is 10.3. The molecule has 0 saturated carbocycles. The maximum absolute atomic E-state index is 6.20. The summed E-state index contributed by atoms with van der Waals surface area (Å²) in [5.41, 5.74) is 0.327. The molecule has 30 heavy (non-hydrogen) atoms. The van der Waals surface area contributed by atoms with Gasteiger partial charge in [-0.05, 0) is 58.8 Å². The number of nitrogens with zero attached hydrogens (tertiary/aromatic N) is 3. The summed E-state index contributed by atoms with van der Waals surface area (Å²) in [5.74, 6) is 2.90. The predicted octanol–water partition coefficient (Wildman–Crippen LogP) is 3.96. The van der Waals surface area contributed by atoms with E-state index in [2.05, 4.69) is 42.6 Å². The molecule has 3 heterocycles. The number of hydrogen-bond acceptors (Lipinski definition) is 7. The van der Waals surface area contributed by atoms with Gasteiger partial charge in [-0.25, -0.2) is 9.97 Å². The lowest BCUT2D eigenvalue weighted by Crippen LogP contribution is -2.41. The number of hydrogen-bond donors (Lipinski definition) is 0. The molecule has 0 spiro atoms.